The van der Waals surface area contributed by atoms with Crippen molar-refractivity contribution in [3.05, 3.63) is 29.6 Å². The molecule has 23 heavy (non-hydrogen) atoms. The summed E-state index contributed by atoms with van der Waals surface area (Å²) in [5, 5.41) is 0. The Bertz CT molecular complexity index is 763. The van der Waals surface area contributed by atoms with E-state index in [1.807, 2.05) is 0 Å². The van der Waals surface area contributed by atoms with Crippen LogP contribution in [0.2, 0.25) is 0 Å². The van der Waals surface area contributed by atoms with Gasteiger partial charge in [0.25, 0.3) is 5.91 Å². The highest BCUT2D eigenvalue weighted by Gasteiger charge is 2.43. The van der Waals surface area contributed by atoms with Gasteiger partial charge in [0.15, 0.2) is 6.61 Å². The summed E-state index contributed by atoms with van der Waals surface area (Å²) in [5.74, 6) is -0.939. The minimum atomic E-state index is -3.80. The van der Waals surface area contributed by atoms with E-state index >= 15 is 0 Å². The summed E-state index contributed by atoms with van der Waals surface area (Å²) in [6.45, 7) is 1.37. The van der Waals surface area contributed by atoms with E-state index in [0.717, 1.165) is 11.0 Å². The number of nitrogens with zero attached hydrogens (tertiary/aromatic N) is 2. The van der Waals surface area contributed by atoms with E-state index in [9.17, 15) is 22.4 Å². The maximum atomic E-state index is 13.3. The molecule has 0 unspecified atom stereocenters. The van der Waals surface area contributed by atoms with Crippen LogP contribution in [-0.2, 0) is 19.6 Å². The second-order valence-corrected chi connectivity index (χ2v) is 7.47. The first-order chi connectivity index (χ1) is 10.8. The highest BCUT2D eigenvalue weighted by atomic mass is 32.2. The third-order valence-corrected chi connectivity index (χ3v) is 5.90. The van der Waals surface area contributed by atoms with Gasteiger partial charge in [-0.2, -0.15) is 4.31 Å². The molecule has 0 N–H and O–H groups in total. The molecule has 2 aliphatic heterocycles. The van der Waals surface area contributed by atoms with Crippen molar-refractivity contribution in [3.8, 4) is 0 Å². The van der Waals surface area contributed by atoms with Crippen LogP contribution in [-0.4, -0.2) is 55.4 Å². The zero-order chi connectivity index (χ0) is 16.8. The van der Waals surface area contributed by atoms with Gasteiger partial charge < -0.3 is 4.74 Å². The van der Waals surface area contributed by atoms with E-state index in [1.54, 1.807) is 0 Å². The summed E-state index contributed by atoms with van der Waals surface area (Å²) in [4.78, 5) is 24.2. The number of imide groups is 1. The van der Waals surface area contributed by atoms with Crippen LogP contribution in [0.25, 0.3) is 0 Å². The predicted octanol–water partition coefficient (Wildman–Crippen LogP) is 0.876. The summed E-state index contributed by atoms with van der Waals surface area (Å²) in [6.07, 6.45) is -0.392. The minimum Gasteiger partial charge on any atom is -0.439 e. The van der Waals surface area contributed by atoms with Crippen molar-refractivity contribution in [2.45, 2.75) is 24.3 Å². The van der Waals surface area contributed by atoms with Gasteiger partial charge in [-0.25, -0.2) is 22.5 Å². The molecule has 7 nitrogen and oxygen atoms in total. The first kappa shape index (κ1) is 15.9. The zero-order valence-electron chi connectivity index (χ0n) is 12.4. The lowest BCUT2D eigenvalue weighted by molar-refractivity contribution is -0.127. The Balaban J connectivity index is 1.81. The normalized spacial score (nSPS) is 22.7. The molecule has 124 valence electrons. The highest BCUT2D eigenvalue weighted by molar-refractivity contribution is 7.89. The first-order valence-corrected chi connectivity index (χ1v) is 8.50. The van der Waals surface area contributed by atoms with Gasteiger partial charge in [-0.15, -0.1) is 0 Å². The van der Waals surface area contributed by atoms with Gasteiger partial charge in [-0.05, 0) is 37.1 Å². The molecule has 1 aromatic rings. The smallest absolute Gasteiger partial charge is 0.417 e. The molecular weight excluding hydrogens is 327 g/mol. The molecule has 0 aromatic heterocycles. The fourth-order valence-electron chi connectivity index (χ4n) is 2.78. The molecule has 2 saturated heterocycles. The van der Waals surface area contributed by atoms with E-state index in [4.69, 9.17) is 0 Å². The van der Waals surface area contributed by atoms with Crippen molar-refractivity contribution in [2.24, 2.45) is 0 Å². The second-order valence-electron chi connectivity index (χ2n) is 5.53. The van der Waals surface area contributed by atoms with Gasteiger partial charge in [-0.1, -0.05) is 0 Å². The molecule has 3 rings (SSSR count). The molecule has 1 aromatic carbocycles. The maximum Gasteiger partial charge on any atom is 0.417 e. The van der Waals surface area contributed by atoms with Crippen LogP contribution in [0, 0.1) is 12.7 Å². The van der Waals surface area contributed by atoms with Gasteiger partial charge in [0.2, 0.25) is 10.0 Å². The molecule has 0 aliphatic carbocycles. The fourth-order valence-corrected chi connectivity index (χ4v) is 4.36. The van der Waals surface area contributed by atoms with Gasteiger partial charge in [0.1, 0.15) is 5.82 Å². The molecule has 2 aliphatic rings. The standard InChI is InChI=1S/C14H15FN2O5S/c1-9-6-11(2-3-12(9)15)23(20,21)16-5-4-10(7-16)17-13(18)8-22-14(17)19/h2-3,6,10H,4-5,7-8H2,1H3/t10-/m1/s1. The van der Waals surface area contributed by atoms with Crippen molar-refractivity contribution in [1.29, 1.82) is 0 Å². The third kappa shape index (κ3) is 2.70. The molecule has 9 heteroatoms. The summed E-state index contributed by atoms with van der Waals surface area (Å²) >= 11 is 0. The van der Waals surface area contributed by atoms with Gasteiger partial charge in [-0.3, -0.25) is 4.79 Å². The molecule has 1 atom stereocenters. The number of carbonyl (C=O) groups is 2. The maximum absolute atomic E-state index is 13.3. The molecule has 0 bridgehead atoms. The topological polar surface area (TPSA) is 84.0 Å². The minimum absolute atomic E-state index is 0.00706. The molecule has 2 amide bonds. The molecule has 2 fully saturated rings. The van der Waals surface area contributed by atoms with Crippen molar-refractivity contribution < 1.29 is 27.1 Å². The third-order valence-electron chi connectivity index (χ3n) is 4.04. The van der Waals surface area contributed by atoms with Crippen LogP contribution in [0.4, 0.5) is 9.18 Å². The molecular formula is C14H15FN2O5S. The van der Waals surface area contributed by atoms with E-state index in [2.05, 4.69) is 4.74 Å². The fraction of sp³-hybridized carbons (Fsp3) is 0.429. The van der Waals surface area contributed by atoms with Crippen LogP contribution in [0.15, 0.2) is 23.1 Å². The van der Waals surface area contributed by atoms with Gasteiger partial charge >= 0.3 is 6.09 Å². The van der Waals surface area contributed by atoms with E-state index in [1.165, 1.54) is 23.4 Å². The molecule has 0 spiro atoms. The first-order valence-electron chi connectivity index (χ1n) is 7.06. The summed E-state index contributed by atoms with van der Waals surface area (Å²) in [7, 11) is -3.80. The number of hydrogen-bond donors (Lipinski definition) is 0. The van der Waals surface area contributed by atoms with Crippen LogP contribution >= 0.6 is 0 Å². The lowest BCUT2D eigenvalue weighted by Gasteiger charge is -2.20. The predicted molar refractivity (Wildman–Crippen MR) is 76.5 cm³/mol. The number of ether oxygens (including phenoxy) is 1. The number of sulfonamides is 1. The quantitative estimate of drug-likeness (QED) is 0.814. The number of carbonyl (C=O) groups excluding carboxylic acids is 2. The van der Waals surface area contributed by atoms with Crippen LogP contribution in [0.5, 0.6) is 0 Å². The average molecular weight is 342 g/mol. The average Bonchev–Trinajstić information content (AvgIpc) is 3.09. The van der Waals surface area contributed by atoms with Gasteiger partial charge in [0.05, 0.1) is 10.9 Å². The van der Waals surface area contributed by atoms with Crippen LogP contribution in [0.3, 0.4) is 0 Å². The highest BCUT2D eigenvalue weighted by Crippen LogP contribution is 2.26. The van der Waals surface area contributed by atoms with Crippen molar-refractivity contribution in [3.63, 3.8) is 0 Å². The van der Waals surface area contributed by atoms with E-state index in [0.29, 0.717) is 6.42 Å². The Labute approximate surface area is 132 Å². The van der Waals surface area contributed by atoms with E-state index < -0.39 is 33.9 Å². The second kappa shape index (κ2) is 5.57. The molecule has 0 saturated carbocycles. The Morgan fingerprint density at radius 3 is 2.65 bits per heavy atom. The molecule has 0 radical (unpaired) electrons. The van der Waals surface area contributed by atoms with Crippen molar-refractivity contribution in [1.82, 2.24) is 9.21 Å². The number of amides is 2. The summed E-state index contributed by atoms with van der Waals surface area (Å²) in [6, 6.07) is 3.05. The Morgan fingerprint density at radius 2 is 2.04 bits per heavy atom. The Morgan fingerprint density at radius 1 is 1.30 bits per heavy atom. The Hall–Kier alpha value is -2.00. The number of aryl methyl sites for hydroxylation is 1. The van der Waals surface area contributed by atoms with Crippen LogP contribution in [0.1, 0.15) is 12.0 Å². The summed E-state index contributed by atoms with van der Waals surface area (Å²) < 4.78 is 44.4. The number of hydrogen-bond acceptors (Lipinski definition) is 5. The number of benzene rings is 1. The summed E-state index contributed by atoms with van der Waals surface area (Å²) in [5.41, 5.74) is 0.236. The number of cyclic esters (lactones) is 1. The zero-order valence-corrected chi connectivity index (χ0v) is 13.2. The Kier molecular flexibility index (Phi) is 3.85. The lowest BCUT2D eigenvalue weighted by atomic mass is 10.2. The van der Waals surface area contributed by atoms with Crippen molar-refractivity contribution in [2.75, 3.05) is 19.7 Å². The number of halogens is 1. The van der Waals surface area contributed by atoms with Gasteiger partial charge in [0, 0.05) is 13.1 Å². The lowest BCUT2D eigenvalue weighted by Crippen LogP contribution is -2.42. The van der Waals surface area contributed by atoms with Crippen molar-refractivity contribution >= 4 is 22.0 Å². The van der Waals surface area contributed by atoms with E-state index in [-0.39, 0.29) is 30.2 Å². The largest absolute Gasteiger partial charge is 0.439 e. The molecule has 2 heterocycles. The monoisotopic (exact) mass is 342 g/mol. The van der Waals surface area contributed by atoms with Crippen LogP contribution < -0.4 is 0 Å². The SMILES string of the molecule is Cc1cc(S(=O)(=O)N2CC[C@@H](N3C(=O)COC3=O)C2)ccc1F. The number of rotatable bonds is 3.